The fourth-order valence-corrected chi connectivity index (χ4v) is 1.98. The van der Waals surface area contributed by atoms with Gasteiger partial charge in [-0.15, -0.1) is 0 Å². The van der Waals surface area contributed by atoms with Crippen LogP contribution in [0.25, 0.3) is 0 Å². The van der Waals surface area contributed by atoms with Crippen molar-refractivity contribution in [3.8, 4) is 0 Å². The number of carbonyl (C=O) groups excluding carboxylic acids is 1. The van der Waals surface area contributed by atoms with Crippen LogP contribution in [0.4, 0.5) is 26.0 Å². The van der Waals surface area contributed by atoms with E-state index >= 15 is 0 Å². The number of benzene rings is 1. The number of aromatic nitrogens is 2. The van der Waals surface area contributed by atoms with Gasteiger partial charge < -0.3 is 15.2 Å². The lowest BCUT2D eigenvalue weighted by molar-refractivity contribution is 0.102. The first kappa shape index (κ1) is 15.6. The number of rotatable bonds is 4. The number of nitrogens with one attached hydrogen (secondary N) is 2. The molecule has 0 aliphatic carbocycles. The smallest absolute Gasteiger partial charge is 0.257 e. The van der Waals surface area contributed by atoms with Crippen LogP contribution in [0.5, 0.6) is 0 Å². The van der Waals surface area contributed by atoms with E-state index in [2.05, 4.69) is 20.8 Å². The zero-order valence-corrected chi connectivity index (χ0v) is 12.5. The maximum Gasteiger partial charge on any atom is 0.257 e. The van der Waals surface area contributed by atoms with Crippen LogP contribution in [-0.2, 0) is 0 Å². The van der Waals surface area contributed by atoms with E-state index in [9.17, 15) is 13.6 Å². The van der Waals surface area contributed by atoms with Gasteiger partial charge in [0.05, 0.1) is 17.4 Å². The molecular weight excluding hydrogens is 318 g/mol. The van der Waals surface area contributed by atoms with E-state index in [0.29, 0.717) is 17.3 Å². The van der Waals surface area contributed by atoms with Gasteiger partial charge in [-0.1, -0.05) is 5.16 Å². The van der Waals surface area contributed by atoms with Gasteiger partial charge in [-0.3, -0.25) is 9.78 Å². The fraction of sp³-hybridized carbons (Fsp3) is 0.0625. The molecule has 0 unspecified atom stereocenters. The molecule has 122 valence electrons. The third-order valence-electron chi connectivity index (χ3n) is 3.08. The molecule has 0 saturated heterocycles. The maximum atomic E-state index is 13.2. The lowest BCUT2D eigenvalue weighted by Gasteiger charge is -2.07. The number of hydrogen-bond acceptors (Lipinski definition) is 5. The van der Waals surface area contributed by atoms with Gasteiger partial charge in [-0.05, 0) is 25.1 Å². The Morgan fingerprint density at radius 2 is 1.92 bits per heavy atom. The third kappa shape index (κ3) is 3.54. The van der Waals surface area contributed by atoms with Gasteiger partial charge >= 0.3 is 0 Å². The van der Waals surface area contributed by atoms with Crippen molar-refractivity contribution >= 4 is 23.1 Å². The average Bonchev–Trinajstić information content (AvgIpc) is 2.96. The minimum Gasteiger partial charge on any atom is -0.360 e. The Balaban J connectivity index is 1.75. The summed E-state index contributed by atoms with van der Waals surface area (Å²) in [6.45, 7) is 1.75. The van der Waals surface area contributed by atoms with Crippen molar-refractivity contribution in [2.75, 3.05) is 10.6 Å². The van der Waals surface area contributed by atoms with Crippen molar-refractivity contribution < 1.29 is 18.1 Å². The number of hydrogen-bond donors (Lipinski definition) is 2. The average molecular weight is 330 g/mol. The Bertz CT molecular complexity index is 895. The topological polar surface area (TPSA) is 80.0 Å². The molecule has 0 saturated carbocycles. The van der Waals surface area contributed by atoms with Crippen LogP contribution in [0.1, 0.15) is 16.1 Å². The summed E-state index contributed by atoms with van der Waals surface area (Å²) in [6.07, 6.45) is 2.87. The van der Waals surface area contributed by atoms with Gasteiger partial charge in [-0.2, -0.15) is 0 Å². The van der Waals surface area contributed by atoms with Crippen molar-refractivity contribution in [3.05, 3.63) is 65.7 Å². The number of nitrogens with zero attached hydrogens (tertiary/aromatic N) is 2. The highest BCUT2D eigenvalue weighted by molar-refractivity contribution is 6.04. The first-order valence-electron chi connectivity index (χ1n) is 6.93. The molecule has 8 heteroatoms. The summed E-state index contributed by atoms with van der Waals surface area (Å²) < 4.78 is 31.0. The Morgan fingerprint density at radius 1 is 1.08 bits per heavy atom. The van der Waals surface area contributed by atoms with E-state index in [4.69, 9.17) is 4.52 Å². The minimum absolute atomic E-state index is 0.143. The van der Waals surface area contributed by atoms with E-state index in [1.165, 1.54) is 18.5 Å². The Kier molecular flexibility index (Phi) is 4.19. The van der Waals surface area contributed by atoms with Crippen molar-refractivity contribution in [1.82, 2.24) is 10.1 Å². The van der Waals surface area contributed by atoms with Crippen LogP contribution in [-0.4, -0.2) is 16.0 Å². The van der Waals surface area contributed by atoms with Crippen LogP contribution in [0, 0.1) is 18.6 Å². The van der Waals surface area contributed by atoms with Gasteiger partial charge in [-0.25, -0.2) is 8.78 Å². The monoisotopic (exact) mass is 330 g/mol. The molecule has 3 aromatic rings. The molecule has 2 N–H and O–H groups in total. The van der Waals surface area contributed by atoms with Crippen LogP contribution >= 0.6 is 0 Å². The standard InChI is InChI=1S/C16H12F2N4O2/c1-9-4-15(22-24-9)20-12-5-10(7-19-8-12)16(23)21-11-2-3-13(17)14(18)6-11/h2-8H,1H3,(H,20,22)(H,21,23). The molecule has 0 aliphatic heterocycles. The molecule has 6 nitrogen and oxygen atoms in total. The third-order valence-corrected chi connectivity index (χ3v) is 3.08. The highest BCUT2D eigenvalue weighted by atomic mass is 19.2. The second-order valence-electron chi connectivity index (χ2n) is 4.99. The summed E-state index contributed by atoms with van der Waals surface area (Å²) in [5, 5.41) is 9.20. The zero-order chi connectivity index (χ0) is 17.1. The number of carbonyl (C=O) groups is 1. The summed E-state index contributed by atoms with van der Waals surface area (Å²) in [7, 11) is 0. The Labute approximate surface area is 135 Å². The van der Waals surface area contributed by atoms with Gasteiger partial charge in [0.1, 0.15) is 5.76 Å². The predicted octanol–water partition coefficient (Wildman–Crippen LogP) is 3.65. The summed E-state index contributed by atoms with van der Waals surface area (Å²) in [5.41, 5.74) is 0.913. The van der Waals surface area contributed by atoms with Crippen LogP contribution < -0.4 is 10.6 Å². The lowest BCUT2D eigenvalue weighted by Crippen LogP contribution is -2.12. The predicted molar refractivity (Wildman–Crippen MR) is 83.1 cm³/mol. The molecule has 1 amide bonds. The van der Waals surface area contributed by atoms with Crippen molar-refractivity contribution in [1.29, 1.82) is 0 Å². The van der Waals surface area contributed by atoms with E-state index in [1.807, 2.05) is 0 Å². The second-order valence-corrected chi connectivity index (χ2v) is 4.99. The summed E-state index contributed by atoms with van der Waals surface area (Å²) >= 11 is 0. The summed E-state index contributed by atoms with van der Waals surface area (Å²) in [5.74, 6) is -1.41. The molecule has 24 heavy (non-hydrogen) atoms. The summed E-state index contributed by atoms with van der Waals surface area (Å²) in [6, 6.07) is 6.35. The number of pyridine rings is 1. The molecule has 3 rings (SSSR count). The quantitative estimate of drug-likeness (QED) is 0.763. The first-order valence-corrected chi connectivity index (χ1v) is 6.93. The van der Waals surface area contributed by atoms with Crippen molar-refractivity contribution in [2.24, 2.45) is 0 Å². The Morgan fingerprint density at radius 3 is 2.62 bits per heavy atom. The van der Waals surface area contributed by atoms with Gasteiger partial charge in [0.2, 0.25) is 0 Å². The second kappa shape index (κ2) is 6.45. The highest BCUT2D eigenvalue weighted by Gasteiger charge is 2.10. The van der Waals surface area contributed by atoms with Gasteiger partial charge in [0.15, 0.2) is 17.5 Å². The molecule has 0 aliphatic rings. The molecule has 0 fully saturated rings. The molecule has 0 atom stereocenters. The molecule has 0 radical (unpaired) electrons. The number of aryl methyl sites for hydroxylation is 1. The molecule has 2 heterocycles. The van der Waals surface area contributed by atoms with E-state index in [0.717, 1.165) is 12.1 Å². The van der Waals surface area contributed by atoms with Crippen molar-refractivity contribution in [3.63, 3.8) is 0 Å². The fourth-order valence-electron chi connectivity index (χ4n) is 1.98. The number of anilines is 3. The SMILES string of the molecule is Cc1cc(Nc2cncc(C(=O)Nc3ccc(F)c(F)c3)c2)no1. The summed E-state index contributed by atoms with van der Waals surface area (Å²) in [4.78, 5) is 16.2. The Hall–Kier alpha value is -3.29. The van der Waals surface area contributed by atoms with E-state index < -0.39 is 17.5 Å². The van der Waals surface area contributed by atoms with E-state index in [-0.39, 0.29) is 11.3 Å². The normalized spacial score (nSPS) is 10.5. The molecule has 1 aromatic carbocycles. The molecular formula is C16H12F2N4O2. The maximum absolute atomic E-state index is 13.2. The van der Waals surface area contributed by atoms with Crippen LogP contribution in [0.15, 0.2) is 47.2 Å². The molecule has 0 spiro atoms. The largest absolute Gasteiger partial charge is 0.360 e. The van der Waals surface area contributed by atoms with Gasteiger partial charge in [0, 0.05) is 24.0 Å². The molecule has 2 aromatic heterocycles. The first-order chi connectivity index (χ1) is 11.5. The lowest BCUT2D eigenvalue weighted by atomic mass is 10.2. The minimum atomic E-state index is -1.04. The number of halogens is 2. The number of amides is 1. The van der Waals surface area contributed by atoms with Gasteiger partial charge in [0.25, 0.3) is 5.91 Å². The van der Waals surface area contributed by atoms with Crippen LogP contribution in [0.2, 0.25) is 0 Å². The van der Waals surface area contributed by atoms with Crippen molar-refractivity contribution in [2.45, 2.75) is 6.92 Å². The molecule has 0 bridgehead atoms. The van der Waals surface area contributed by atoms with E-state index in [1.54, 1.807) is 19.1 Å². The highest BCUT2D eigenvalue weighted by Crippen LogP contribution is 2.18. The van der Waals surface area contributed by atoms with Crippen LogP contribution in [0.3, 0.4) is 0 Å². The zero-order valence-electron chi connectivity index (χ0n) is 12.5.